The number of nitrogens with zero attached hydrogens (tertiary/aromatic N) is 1. The first-order valence-corrected chi connectivity index (χ1v) is 9.10. The highest BCUT2D eigenvalue weighted by molar-refractivity contribution is 7.15. The van der Waals surface area contributed by atoms with Crippen LogP contribution in [0.5, 0.6) is 0 Å². The van der Waals surface area contributed by atoms with E-state index in [9.17, 15) is 9.18 Å². The van der Waals surface area contributed by atoms with Crippen molar-refractivity contribution < 1.29 is 9.18 Å². The Labute approximate surface area is 146 Å². The fourth-order valence-corrected chi connectivity index (χ4v) is 3.22. The van der Waals surface area contributed by atoms with Gasteiger partial charge in [-0.05, 0) is 43.5 Å². The molecule has 0 radical (unpaired) electrons. The third kappa shape index (κ3) is 6.02. The molecule has 2 rings (SSSR count). The van der Waals surface area contributed by atoms with E-state index in [-0.39, 0.29) is 11.7 Å². The smallest absolute Gasteiger partial charge is 0.226 e. The first-order chi connectivity index (χ1) is 11.6. The van der Waals surface area contributed by atoms with Crippen molar-refractivity contribution in [2.24, 2.45) is 5.73 Å². The minimum Gasteiger partial charge on any atom is -0.330 e. The Kier molecular flexibility index (Phi) is 7.34. The van der Waals surface area contributed by atoms with Crippen molar-refractivity contribution in [3.05, 3.63) is 46.2 Å². The maximum Gasteiger partial charge on any atom is 0.226 e. The normalized spacial score (nSPS) is 10.8. The Morgan fingerprint density at radius 2 is 2.08 bits per heavy atom. The minimum atomic E-state index is -0.194. The van der Waals surface area contributed by atoms with E-state index in [0.29, 0.717) is 30.1 Å². The molecule has 1 heterocycles. The topological polar surface area (TPSA) is 68.0 Å². The van der Waals surface area contributed by atoms with E-state index in [0.717, 1.165) is 36.1 Å². The quantitative estimate of drug-likeness (QED) is 0.672. The largest absolute Gasteiger partial charge is 0.330 e. The molecule has 1 amide bonds. The van der Waals surface area contributed by atoms with Gasteiger partial charge in [-0.15, -0.1) is 11.3 Å². The van der Waals surface area contributed by atoms with Crippen molar-refractivity contribution in [2.75, 3.05) is 11.9 Å². The predicted molar refractivity (Wildman–Crippen MR) is 96.8 cm³/mol. The number of aryl methyl sites for hydroxylation is 1. The Hall–Kier alpha value is -1.79. The van der Waals surface area contributed by atoms with Gasteiger partial charge in [-0.3, -0.25) is 4.79 Å². The monoisotopic (exact) mass is 349 g/mol. The van der Waals surface area contributed by atoms with E-state index in [1.54, 1.807) is 25.3 Å². The second kappa shape index (κ2) is 9.49. The molecule has 24 heavy (non-hydrogen) atoms. The molecule has 0 aliphatic rings. The fraction of sp³-hybridized carbons (Fsp3) is 0.444. The van der Waals surface area contributed by atoms with Crippen LogP contribution in [0.1, 0.15) is 48.1 Å². The van der Waals surface area contributed by atoms with Crippen LogP contribution in [-0.4, -0.2) is 17.4 Å². The van der Waals surface area contributed by atoms with E-state index in [4.69, 9.17) is 5.73 Å². The first-order valence-electron chi connectivity index (χ1n) is 8.28. The highest BCUT2D eigenvalue weighted by atomic mass is 32.1. The molecular formula is C18H24FN3OS. The maximum atomic E-state index is 13.6. The third-order valence-electron chi connectivity index (χ3n) is 3.77. The molecule has 6 heteroatoms. The van der Waals surface area contributed by atoms with Gasteiger partial charge in [0, 0.05) is 23.9 Å². The number of aromatic nitrogens is 1. The number of nitrogens with one attached hydrogen (secondary N) is 1. The van der Waals surface area contributed by atoms with Gasteiger partial charge >= 0.3 is 0 Å². The number of halogens is 1. The summed E-state index contributed by atoms with van der Waals surface area (Å²) in [5, 5.41) is 3.43. The minimum absolute atomic E-state index is 0.00923. The summed E-state index contributed by atoms with van der Waals surface area (Å²) in [5.74, 6) is -0.204. The fourth-order valence-electron chi connectivity index (χ4n) is 2.36. The summed E-state index contributed by atoms with van der Waals surface area (Å²) in [6, 6.07) is 5.24. The Bertz CT molecular complexity index is 672. The number of anilines is 1. The molecule has 4 nitrogen and oxygen atoms in total. The SMILES string of the molecule is Cc1ccc(Cc2cnc(NC(=O)CCCCCCN)s2)cc1F. The number of amides is 1. The lowest BCUT2D eigenvalue weighted by atomic mass is 10.1. The second-order valence-electron chi connectivity index (χ2n) is 5.89. The lowest BCUT2D eigenvalue weighted by Crippen LogP contribution is -2.10. The lowest BCUT2D eigenvalue weighted by molar-refractivity contribution is -0.116. The first kappa shape index (κ1) is 18.5. The van der Waals surface area contributed by atoms with E-state index < -0.39 is 0 Å². The number of hydrogen-bond acceptors (Lipinski definition) is 4. The predicted octanol–water partition coefficient (Wildman–Crippen LogP) is 4.03. The molecule has 1 aromatic carbocycles. The summed E-state index contributed by atoms with van der Waals surface area (Å²) < 4.78 is 13.6. The molecule has 130 valence electrons. The zero-order valence-corrected chi connectivity index (χ0v) is 14.8. The zero-order chi connectivity index (χ0) is 17.4. The average Bonchev–Trinajstić information content (AvgIpc) is 2.97. The van der Waals surface area contributed by atoms with Crippen molar-refractivity contribution >= 4 is 22.4 Å². The number of carbonyl (C=O) groups excluding carboxylic acids is 1. The van der Waals surface area contributed by atoms with Crippen molar-refractivity contribution in [2.45, 2.75) is 45.4 Å². The van der Waals surface area contributed by atoms with Crippen LogP contribution in [0.2, 0.25) is 0 Å². The van der Waals surface area contributed by atoms with Gasteiger partial charge in [-0.2, -0.15) is 0 Å². The third-order valence-corrected chi connectivity index (χ3v) is 4.69. The Morgan fingerprint density at radius 3 is 2.83 bits per heavy atom. The van der Waals surface area contributed by atoms with Crippen molar-refractivity contribution in [1.82, 2.24) is 4.98 Å². The van der Waals surface area contributed by atoms with E-state index in [1.807, 2.05) is 6.07 Å². The molecule has 0 aliphatic heterocycles. The van der Waals surface area contributed by atoms with Crippen molar-refractivity contribution in [3.63, 3.8) is 0 Å². The Balaban J connectivity index is 1.80. The molecule has 0 unspecified atom stereocenters. The molecule has 0 bridgehead atoms. The van der Waals surface area contributed by atoms with E-state index in [2.05, 4.69) is 10.3 Å². The lowest BCUT2D eigenvalue weighted by Gasteiger charge is -2.02. The van der Waals surface area contributed by atoms with Crippen LogP contribution in [0.15, 0.2) is 24.4 Å². The molecule has 2 aromatic rings. The van der Waals surface area contributed by atoms with Gasteiger partial charge in [0.1, 0.15) is 5.82 Å². The van der Waals surface area contributed by atoms with Crippen LogP contribution in [0.4, 0.5) is 9.52 Å². The Morgan fingerprint density at radius 1 is 1.29 bits per heavy atom. The molecule has 0 saturated carbocycles. The van der Waals surface area contributed by atoms with Gasteiger partial charge in [-0.1, -0.05) is 25.0 Å². The van der Waals surface area contributed by atoms with Crippen LogP contribution in [-0.2, 0) is 11.2 Å². The summed E-state index contributed by atoms with van der Waals surface area (Å²) in [6.45, 7) is 2.45. The molecule has 0 fully saturated rings. The number of nitrogens with two attached hydrogens (primary N) is 1. The number of thiazole rings is 1. The summed E-state index contributed by atoms with van der Waals surface area (Å²) in [7, 11) is 0. The van der Waals surface area contributed by atoms with Crippen LogP contribution in [0, 0.1) is 12.7 Å². The average molecular weight is 349 g/mol. The van der Waals surface area contributed by atoms with Gasteiger partial charge in [0.05, 0.1) is 0 Å². The van der Waals surface area contributed by atoms with Gasteiger partial charge in [0.15, 0.2) is 5.13 Å². The standard InChI is InChI=1S/C18H24FN3OS/c1-13-7-8-14(11-16(13)19)10-15-12-21-18(24-15)22-17(23)6-4-2-3-5-9-20/h7-8,11-12H,2-6,9-10,20H2,1H3,(H,21,22,23). The number of benzene rings is 1. The molecule has 0 saturated heterocycles. The van der Waals surface area contributed by atoms with E-state index >= 15 is 0 Å². The van der Waals surface area contributed by atoms with Gasteiger partial charge in [0.25, 0.3) is 0 Å². The summed E-state index contributed by atoms with van der Waals surface area (Å²) in [6.07, 6.45) is 6.82. The van der Waals surface area contributed by atoms with Crippen LogP contribution < -0.4 is 11.1 Å². The highest BCUT2D eigenvalue weighted by Gasteiger charge is 2.08. The van der Waals surface area contributed by atoms with Crippen molar-refractivity contribution in [1.29, 1.82) is 0 Å². The molecule has 0 atom stereocenters. The van der Waals surface area contributed by atoms with Crippen LogP contribution in [0.3, 0.4) is 0 Å². The highest BCUT2D eigenvalue weighted by Crippen LogP contribution is 2.22. The number of carbonyl (C=O) groups is 1. The maximum absolute atomic E-state index is 13.6. The summed E-state index contributed by atoms with van der Waals surface area (Å²) in [4.78, 5) is 17.1. The van der Waals surface area contributed by atoms with Gasteiger partial charge in [0.2, 0.25) is 5.91 Å². The van der Waals surface area contributed by atoms with Gasteiger partial charge in [-0.25, -0.2) is 9.37 Å². The second-order valence-corrected chi connectivity index (χ2v) is 7.01. The summed E-state index contributed by atoms with van der Waals surface area (Å²) >= 11 is 1.43. The molecular weight excluding hydrogens is 325 g/mol. The number of hydrogen-bond donors (Lipinski definition) is 2. The molecule has 3 N–H and O–H groups in total. The summed E-state index contributed by atoms with van der Waals surface area (Å²) in [5.41, 5.74) is 6.98. The van der Waals surface area contributed by atoms with Crippen LogP contribution >= 0.6 is 11.3 Å². The number of unbranched alkanes of at least 4 members (excludes halogenated alkanes) is 3. The zero-order valence-electron chi connectivity index (χ0n) is 14.0. The van der Waals surface area contributed by atoms with Crippen molar-refractivity contribution in [3.8, 4) is 0 Å². The molecule has 1 aromatic heterocycles. The molecule has 0 spiro atoms. The van der Waals surface area contributed by atoms with E-state index in [1.165, 1.54) is 11.3 Å². The van der Waals surface area contributed by atoms with Gasteiger partial charge < -0.3 is 11.1 Å². The number of rotatable bonds is 9. The van der Waals surface area contributed by atoms with Crippen LogP contribution in [0.25, 0.3) is 0 Å². The molecule has 0 aliphatic carbocycles.